The molecule has 0 aromatic carbocycles. The number of fused-ring (bicyclic) bond motifs is 3. The van der Waals surface area contributed by atoms with E-state index in [-0.39, 0.29) is 162 Å². The van der Waals surface area contributed by atoms with Crippen LogP contribution in [0.4, 0.5) is 0 Å². The SMILES string of the molecule is COc1cnc(-n2cnc(C)n2)c2c1c(C(=O)C(=O)N1CCC(=C(C#N)c3ccccn3)CC1)cn2COP(=O)(OCn1cc(C(=O)C(=O)N2CCC(=C(C#N)c3ccccn3)CC2)c2c(OC)cnc(-n3cnc(C)n3)c21)OCn1cc(C(=O)C(=O)N2CCC(=C(C#N)c3ccccn3)CC2)c2c(OC)cnc(-n3cnc(C)n3)c21. The van der Waals surface area contributed by atoms with E-state index in [1.165, 1.54) is 120 Å². The van der Waals surface area contributed by atoms with Gasteiger partial charge in [-0.15, -0.1) is 0 Å². The number of methoxy groups -OCH3 is 3. The van der Waals surface area contributed by atoms with Crippen molar-refractivity contribution in [3.8, 4) is 52.9 Å². The highest BCUT2D eigenvalue weighted by molar-refractivity contribution is 7.48. The number of carbonyl (C=O) groups excluding carboxylic acids is 6. The van der Waals surface area contributed by atoms with Crippen molar-refractivity contribution in [1.82, 2.24) is 103 Å². The summed E-state index contributed by atoms with van der Waals surface area (Å²) in [5.74, 6) is -4.76. The Labute approximate surface area is 659 Å². The maximum atomic E-state index is 16.7. The number of allylic oxidation sites excluding steroid dienone is 3. The maximum Gasteiger partial charge on any atom is 0.480 e. The number of hydrogen-bond acceptors (Lipinski definition) is 28. The molecule has 3 fully saturated rings. The van der Waals surface area contributed by atoms with E-state index >= 15 is 18.9 Å². The molecular weight excluding hydrogens is 1510 g/mol. The number of piperidine rings is 3. The largest absolute Gasteiger partial charge is 0.494 e. The van der Waals surface area contributed by atoms with E-state index in [1.807, 2.05) is 0 Å². The zero-order chi connectivity index (χ0) is 81.1. The summed E-state index contributed by atoms with van der Waals surface area (Å²) in [7, 11) is -1.44. The summed E-state index contributed by atoms with van der Waals surface area (Å²) in [4.78, 5) is 134. The lowest BCUT2D eigenvalue weighted by Crippen LogP contribution is -2.40. The molecule has 0 saturated carbocycles. The Morgan fingerprint density at radius 3 is 0.905 bits per heavy atom. The van der Waals surface area contributed by atoms with Crippen LogP contribution in [0.5, 0.6) is 17.2 Å². The van der Waals surface area contributed by atoms with Crippen molar-refractivity contribution in [2.45, 2.75) is 79.5 Å². The van der Waals surface area contributed by atoms with Gasteiger partial charge in [0.25, 0.3) is 35.1 Å². The summed E-state index contributed by atoms with van der Waals surface area (Å²) in [6.07, 6.45) is 18.1. The molecule has 3 aliphatic rings. The molecule has 3 amide bonds. The van der Waals surface area contributed by atoms with Crippen LogP contribution in [0.3, 0.4) is 0 Å². The van der Waals surface area contributed by atoms with Crippen molar-refractivity contribution in [1.29, 1.82) is 15.8 Å². The first-order chi connectivity index (χ1) is 56.3. The molecule has 0 bridgehead atoms. The van der Waals surface area contributed by atoms with Gasteiger partial charge in [0.15, 0.2) is 17.5 Å². The molecule has 15 rings (SSSR count). The predicted octanol–water partition coefficient (Wildman–Crippen LogP) is 8.39. The Kier molecular flexibility index (Phi) is 21.7. The predicted molar refractivity (Wildman–Crippen MR) is 409 cm³/mol. The number of amides is 3. The number of likely N-dealkylation sites (tertiary alicyclic amines) is 3. The van der Waals surface area contributed by atoms with Gasteiger partial charge in [-0.05, 0) is 112 Å². The van der Waals surface area contributed by atoms with Crippen LogP contribution in [0.1, 0.15) is 104 Å². The second kappa shape index (κ2) is 32.7. The quantitative estimate of drug-likeness (QED) is 0.0237. The van der Waals surface area contributed by atoms with Crippen LogP contribution in [-0.2, 0) is 52.7 Å². The minimum Gasteiger partial charge on any atom is -0.494 e. The smallest absolute Gasteiger partial charge is 0.480 e. The molecule has 12 aromatic heterocycles. The summed E-state index contributed by atoms with van der Waals surface area (Å²) >= 11 is 0. The highest BCUT2D eigenvalue weighted by Crippen LogP contribution is 2.52. The number of aromatic nitrogens is 18. The Bertz CT molecular complexity index is 5630. The van der Waals surface area contributed by atoms with Crippen molar-refractivity contribution in [2.75, 3.05) is 60.6 Å². The molecule has 12 aromatic rings. The van der Waals surface area contributed by atoms with Gasteiger partial charge in [-0.25, -0.2) is 48.5 Å². The number of phosphoric ester groups is 1. The van der Waals surface area contributed by atoms with Crippen LogP contribution < -0.4 is 14.2 Å². The van der Waals surface area contributed by atoms with Crippen LogP contribution in [0, 0.1) is 54.8 Å². The van der Waals surface area contributed by atoms with Crippen LogP contribution in [-0.4, -0.2) is 198 Å². The number of rotatable bonds is 24. The van der Waals surface area contributed by atoms with Crippen LogP contribution in [0.25, 0.3) is 66.9 Å². The zero-order valence-corrected chi connectivity index (χ0v) is 64.1. The number of ether oxygens (including phenoxy) is 3. The van der Waals surface area contributed by atoms with Crippen molar-refractivity contribution in [2.24, 2.45) is 0 Å². The lowest BCUT2D eigenvalue weighted by Gasteiger charge is -2.28. The van der Waals surface area contributed by atoms with Crippen LogP contribution in [0.15, 0.2) is 146 Å². The van der Waals surface area contributed by atoms with E-state index in [2.05, 4.69) is 78.4 Å². The number of nitriles is 3. The first-order valence-electron chi connectivity index (χ1n) is 36.3. The third-order valence-electron chi connectivity index (χ3n) is 20.2. The third-order valence-corrected chi connectivity index (χ3v) is 21.5. The van der Waals surface area contributed by atoms with Crippen LogP contribution in [0.2, 0.25) is 0 Å². The Balaban J connectivity index is 0.833. The van der Waals surface area contributed by atoms with Gasteiger partial charge >= 0.3 is 7.82 Å². The summed E-state index contributed by atoms with van der Waals surface area (Å²) in [5, 5.41) is 44.5. The second-order valence-electron chi connectivity index (χ2n) is 26.9. The van der Waals surface area contributed by atoms with Gasteiger partial charge in [-0.3, -0.25) is 57.3 Å². The highest BCUT2D eigenvalue weighted by Gasteiger charge is 2.39. The van der Waals surface area contributed by atoms with E-state index in [1.54, 1.807) is 94.0 Å². The summed E-state index contributed by atoms with van der Waals surface area (Å²) < 4.78 is 61.9. The number of ketones is 3. The number of pyridine rings is 6. The lowest BCUT2D eigenvalue weighted by molar-refractivity contribution is -0.127. The highest BCUT2D eigenvalue weighted by atomic mass is 31.2. The standard InChI is InChI=1S/C78H69N24O13P/c1-46-88-40-100(91-46)73-67-64(61(110-4)34-85-73)55(70(103)76(106)94-25-16-49(17-26-94)52(31-79)58-13-7-10-22-82-58)37-97(67)43-113-116(109,114-44-98-38-56(65-62(111-5)35-86-74(68(65)98)101-41-89-47(2)92-101)71(104)77(107)95-27-18-50(19-28-95)53(32-80)59-14-8-11-23-83-59)115-45-99-39-57(66-63(112-6)36-87-75(69(66)99)102-42-90-48(3)93-102)72(105)78(108)96-29-20-51(21-30-96)54(33-81)60-15-9-12-24-84-60/h7-15,22-24,34-42H,16-21,25-30,43-45H2,1-6H3. The second-order valence-corrected chi connectivity index (χ2v) is 28.5. The number of aryl methyl sites for hydroxylation is 3. The van der Waals surface area contributed by atoms with E-state index in [0.717, 1.165) is 16.7 Å². The monoisotopic (exact) mass is 1580 g/mol. The van der Waals surface area contributed by atoms with E-state index < -0.39 is 63.1 Å². The molecule has 15 heterocycles. The molecule has 0 aliphatic carbocycles. The third kappa shape index (κ3) is 14.8. The van der Waals surface area contributed by atoms with Gasteiger partial charge in [0, 0.05) is 76.4 Å². The number of hydrogen-bond donors (Lipinski definition) is 0. The first kappa shape index (κ1) is 76.9. The molecule has 3 saturated heterocycles. The molecule has 37 nitrogen and oxygen atoms in total. The van der Waals surface area contributed by atoms with Gasteiger partial charge < -0.3 is 42.6 Å². The molecule has 0 unspecified atom stereocenters. The average molecular weight is 1580 g/mol. The summed E-state index contributed by atoms with van der Waals surface area (Å²) in [6, 6.07) is 22.4. The van der Waals surface area contributed by atoms with Crippen LogP contribution >= 0.6 is 7.82 Å². The average Bonchev–Trinajstić information content (AvgIpc) is 1.60. The molecule has 116 heavy (non-hydrogen) atoms. The number of phosphoric acid groups is 1. The molecule has 584 valence electrons. The minimum absolute atomic E-state index is 0.00627. The molecule has 0 spiro atoms. The molecule has 38 heteroatoms. The van der Waals surface area contributed by atoms with Gasteiger partial charge in [-0.1, -0.05) is 18.2 Å². The Hall–Kier alpha value is -14.4. The number of nitrogens with zero attached hydrogens (tertiary/aromatic N) is 24. The molecule has 0 radical (unpaired) electrons. The Morgan fingerprint density at radius 2 is 0.681 bits per heavy atom. The number of Topliss-reactive ketones (excluding diaryl/α,β-unsaturated/α-hetero) is 3. The summed E-state index contributed by atoms with van der Waals surface area (Å²) in [6.45, 7) is 2.56. The van der Waals surface area contributed by atoms with Gasteiger partial charge in [-0.2, -0.15) is 31.1 Å². The van der Waals surface area contributed by atoms with E-state index in [4.69, 9.17) is 27.8 Å². The van der Waals surface area contributed by atoms with E-state index in [9.17, 15) is 30.2 Å². The van der Waals surface area contributed by atoms with Gasteiger partial charge in [0.1, 0.15) is 109 Å². The van der Waals surface area contributed by atoms with Gasteiger partial charge in [0.2, 0.25) is 0 Å². The molecule has 3 aliphatic heterocycles. The Morgan fingerprint density at radius 1 is 0.405 bits per heavy atom. The van der Waals surface area contributed by atoms with Crippen molar-refractivity contribution in [3.63, 3.8) is 0 Å². The fourth-order valence-electron chi connectivity index (χ4n) is 14.5. The topological polar surface area (TPSA) is 440 Å². The minimum atomic E-state index is -5.44. The molecule has 0 N–H and O–H groups in total. The fourth-order valence-corrected chi connectivity index (χ4v) is 15.5. The van der Waals surface area contributed by atoms with E-state index in [0.29, 0.717) is 51.3 Å². The normalized spacial score (nSPS) is 13.9. The maximum absolute atomic E-state index is 16.7. The van der Waals surface area contributed by atoms with Crippen molar-refractivity contribution in [3.05, 3.63) is 197 Å². The summed E-state index contributed by atoms with van der Waals surface area (Å²) in [5.41, 5.74) is 4.18. The van der Waals surface area contributed by atoms with Crippen molar-refractivity contribution < 1.29 is 61.1 Å². The fraction of sp³-hybridized carbons (Fsp3) is 0.269. The lowest BCUT2D eigenvalue weighted by atomic mass is 9.95. The van der Waals surface area contributed by atoms with Gasteiger partial charge in [0.05, 0.1) is 107 Å². The zero-order valence-electron chi connectivity index (χ0n) is 63.2. The number of carbonyl (C=O) groups is 6. The molecule has 0 atom stereocenters. The first-order valence-corrected chi connectivity index (χ1v) is 37.8. The van der Waals surface area contributed by atoms with Crippen molar-refractivity contribution >= 4 is 92.3 Å². The molecular formula is C78H69N24O13P.